The average Bonchev–Trinajstić information content (AvgIpc) is 3.56. The molecule has 46 heavy (non-hydrogen) atoms. The summed E-state index contributed by atoms with van der Waals surface area (Å²) in [5.74, 6) is -1.64. The number of nitriles is 1. The van der Waals surface area contributed by atoms with Crippen LogP contribution in [0.3, 0.4) is 0 Å². The van der Waals surface area contributed by atoms with E-state index >= 15 is 4.39 Å². The van der Waals surface area contributed by atoms with E-state index in [1.54, 1.807) is 18.2 Å². The normalized spacial score (nSPS) is 15.6. The second-order valence-electron chi connectivity index (χ2n) is 12.1. The van der Waals surface area contributed by atoms with Gasteiger partial charge in [0.2, 0.25) is 5.88 Å². The molecule has 8 nitrogen and oxygen atoms in total. The molecule has 11 heteroatoms. The Kier molecular flexibility index (Phi) is 8.23. The van der Waals surface area contributed by atoms with Crippen LogP contribution in [-0.4, -0.2) is 38.8 Å². The maximum absolute atomic E-state index is 15.2. The zero-order valence-corrected chi connectivity index (χ0v) is 26.0. The van der Waals surface area contributed by atoms with Crippen molar-refractivity contribution in [1.29, 1.82) is 5.26 Å². The van der Waals surface area contributed by atoms with Gasteiger partial charge in [0.1, 0.15) is 23.8 Å². The van der Waals surface area contributed by atoms with Gasteiger partial charge in [0.05, 0.1) is 47.7 Å². The number of pyridine rings is 1. The van der Waals surface area contributed by atoms with Gasteiger partial charge in [-0.05, 0) is 54.4 Å². The Balaban J connectivity index is 1.32. The van der Waals surface area contributed by atoms with Crippen LogP contribution in [0.4, 0.5) is 8.78 Å². The van der Waals surface area contributed by atoms with E-state index in [1.807, 2.05) is 29.7 Å². The number of benzene rings is 3. The SMILES string of the molecule is Cc1cc(Cc2nc3c(F)cc(C(=O)O)cc3n2C2COCC2(C)C)c(Cl)cc1-c1cccc(OCc2ccc(C#N)cc2F)n1. The van der Waals surface area contributed by atoms with Crippen molar-refractivity contribution in [2.75, 3.05) is 13.2 Å². The molecule has 0 bridgehead atoms. The summed E-state index contributed by atoms with van der Waals surface area (Å²) in [4.78, 5) is 21.0. The molecule has 1 unspecified atom stereocenters. The lowest BCUT2D eigenvalue weighted by Gasteiger charge is -2.28. The van der Waals surface area contributed by atoms with E-state index in [4.69, 9.17) is 26.3 Å². The van der Waals surface area contributed by atoms with Crippen LogP contribution in [-0.2, 0) is 17.8 Å². The molecule has 1 saturated heterocycles. The van der Waals surface area contributed by atoms with E-state index in [2.05, 4.69) is 23.8 Å². The highest BCUT2D eigenvalue weighted by molar-refractivity contribution is 6.31. The fourth-order valence-electron chi connectivity index (χ4n) is 5.83. The number of rotatable bonds is 8. The fourth-order valence-corrected chi connectivity index (χ4v) is 6.06. The Morgan fingerprint density at radius 3 is 2.63 bits per heavy atom. The minimum atomic E-state index is -1.23. The Hall–Kier alpha value is -4.85. The first-order chi connectivity index (χ1) is 21.9. The number of ether oxygens (including phenoxy) is 2. The Morgan fingerprint density at radius 1 is 1.13 bits per heavy atom. The molecule has 0 saturated carbocycles. The number of nitrogens with zero attached hydrogens (tertiary/aromatic N) is 4. The number of carboxylic acid groups (broad SMARTS) is 1. The summed E-state index contributed by atoms with van der Waals surface area (Å²) in [7, 11) is 0. The van der Waals surface area contributed by atoms with E-state index < -0.39 is 17.6 Å². The fraction of sp³-hybridized carbons (Fsp3) is 0.257. The lowest BCUT2D eigenvalue weighted by molar-refractivity contribution is 0.0696. The number of carboxylic acids is 1. The first-order valence-electron chi connectivity index (χ1n) is 14.5. The highest BCUT2D eigenvalue weighted by Gasteiger charge is 2.39. The summed E-state index contributed by atoms with van der Waals surface area (Å²) in [6.07, 6.45) is 0.260. The molecule has 1 atom stereocenters. The zero-order chi connectivity index (χ0) is 32.7. The molecule has 5 aromatic rings. The Morgan fingerprint density at radius 2 is 1.93 bits per heavy atom. The first kappa shape index (κ1) is 31.1. The average molecular weight is 643 g/mol. The van der Waals surface area contributed by atoms with Crippen LogP contribution in [0.5, 0.6) is 5.88 Å². The topological polar surface area (TPSA) is 110 Å². The standard InChI is InChI=1S/C35H29ClF2N4O4/c1-19-9-22(13-31-41-33-27(38)11-23(34(43)44)12-29(33)42(31)30-17-45-18-35(30,2)3)25(36)14-24(19)28-5-4-6-32(40-28)46-16-21-8-7-20(15-39)10-26(21)37/h4-12,14,30H,13,16-18H2,1-3H3,(H,43,44). The van der Waals surface area contributed by atoms with Crippen molar-refractivity contribution in [2.45, 2.75) is 39.8 Å². The summed E-state index contributed by atoms with van der Waals surface area (Å²) in [6, 6.07) is 17.3. The zero-order valence-electron chi connectivity index (χ0n) is 25.3. The molecule has 0 aliphatic carbocycles. The Bertz CT molecular complexity index is 2050. The van der Waals surface area contributed by atoms with E-state index in [9.17, 15) is 14.3 Å². The summed E-state index contributed by atoms with van der Waals surface area (Å²) < 4.78 is 43.0. The molecule has 3 aromatic carbocycles. The lowest BCUT2D eigenvalue weighted by Crippen LogP contribution is -2.27. The van der Waals surface area contributed by atoms with E-state index in [0.717, 1.165) is 28.8 Å². The van der Waals surface area contributed by atoms with Gasteiger partial charge < -0.3 is 19.1 Å². The molecule has 0 radical (unpaired) electrons. The second-order valence-corrected chi connectivity index (χ2v) is 12.5. The highest BCUT2D eigenvalue weighted by atomic mass is 35.5. The van der Waals surface area contributed by atoms with Gasteiger partial charge in [-0.25, -0.2) is 23.5 Å². The number of aromatic carboxylic acids is 1. The van der Waals surface area contributed by atoms with Gasteiger partial charge in [0, 0.05) is 34.1 Å². The van der Waals surface area contributed by atoms with Crippen LogP contribution in [0, 0.1) is 35.3 Å². The predicted molar refractivity (Wildman–Crippen MR) is 168 cm³/mol. The van der Waals surface area contributed by atoms with Crippen molar-refractivity contribution in [3.63, 3.8) is 0 Å². The van der Waals surface area contributed by atoms with Crippen LogP contribution >= 0.6 is 11.6 Å². The van der Waals surface area contributed by atoms with Gasteiger partial charge >= 0.3 is 5.97 Å². The van der Waals surface area contributed by atoms with E-state index in [0.29, 0.717) is 46.7 Å². The van der Waals surface area contributed by atoms with Crippen molar-refractivity contribution in [2.24, 2.45) is 5.41 Å². The quantitative estimate of drug-likeness (QED) is 0.185. The molecule has 234 valence electrons. The van der Waals surface area contributed by atoms with Crippen LogP contribution < -0.4 is 4.74 Å². The van der Waals surface area contributed by atoms with Crippen LogP contribution in [0.1, 0.15) is 58.3 Å². The molecule has 0 amide bonds. The van der Waals surface area contributed by atoms with Gasteiger partial charge in [-0.3, -0.25) is 0 Å². The number of halogens is 3. The third kappa shape index (κ3) is 5.91. The maximum Gasteiger partial charge on any atom is 0.335 e. The molecule has 6 rings (SSSR count). The largest absolute Gasteiger partial charge is 0.478 e. The van der Waals surface area contributed by atoms with Crippen molar-refractivity contribution in [3.8, 4) is 23.2 Å². The van der Waals surface area contributed by atoms with E-state index in [1.165, 1.54) is 18.2 Å². The second kappa shape index (κ2) is 12.2. The molecule has 3 heterocycles. The monoisotopic (exact) mass is 642 g/mol. The van der Waals surface area contributed by atoms with Crippen LogP contribution in [0.15, 0.2) is 60.7 Å². The maximum atomic E-state index is 15.2. The lowest BCUT2D eigenvalue weighted by atomic mass is 9.87. The molecular weight excluding hydrogens is 614 g/mol. The number of imidazole rings is 1. The summed E-state index contributed by atoms with van der Waals surface area (Å²) >= 11 is 6.85. The van der Waals surface area contributed by atoms with E-state index in [-0.39, 0.29) is 41.1 Å². The van der Waals surface area contributed by atoms with Gasteiger partial charge in [0.25, 0.3) is 0 Å². The smallest absolute Gasteiger partial charge is 0.335 e. The third-order valence-corrected chi connectivity index (χ3v) is 8.68. The summed E-state index contributed by atoms with van der Waals surface area (Å²) in [5.41, 5.74) is 3.52. The number of hydrogen-bond acceptors (Lipinski definition) is 6. The molecule has 1 aliphatic rings. The number of fused-ring (bicyclic) bond motifs is 1. The van der Waals surface area contributed by atoms with Crippen LogP contribution in [0.2, 0.25) is 5.02 Å². The molecule has 2 aromatic heterocycles. The van der Waals surface area contributed by atoms with Crippen molar-refractivity contribution in [1.82, 2.24) is 14.5 Å². The van der Waals surface area contributed by atoms with Gasteiger partial charge in [0.15, 0.2) is 5.82 Å². The van der Waals surface area contributed by atoms with Crippen molar-refractivity contribution < 1.29 is 28.2 Å². The minimum Gasteiger partial charge on any atom is -0.478 e. The molecule has 1 N–H and O–H groups in total. The predicted octanol–water partition coefficient (Wildman–Crippen LogP) is 7.68. The van der Waals surface area contributed by atoms with Gasteiger partial charge in [-0.1, -0.05) is 43.6 Å². The highest BCUT2D eigenvalue weighted by Crippen LogP contribution is 2.41. The molecule has 0 spiro atoms. The first-order valence-corrected chi connectivity index (χ1v) is 14.9. The van der Waals surface area contributed by atoms with Crippen molar-refractivity contribution in [3.05, 3.63) is 111 Å². The number of carbonyl (C=O) groups is 1. The van der Waals surface area contributed by atoms with Crippen LogP contribution in [0.25, 0.3) is 22.3 Å². The third-order valence-electron chi connectivity index (χ3n) is 8.33. The number of aryl methyl sites for hydroxylation is 1. The molecule has 1 aliphatic heterocycles. The molecular formula is C35H29ClF2N4O4. The Labute approximate surface area is 268 Å². The molecule has 1 fully saturated rings. The summed E-state index contributed by atoms with van der Waals surface area (Å²) in [5, 5.41) is 19.0. The van der Waals surface area contributed by atoms with Crippen molar-refractivity contribution >= 4 is 28.6 Å². The summed E-state index contributed by atoms with van der Waals surface area (Å²) in [6.45, 7) is 6.82. The van der Waals surface area contributed by atoms with Gasteiger partial charge in [-0.15, -0.1) is 0 Å². The number of hydrogen-bond donors (Lipinski definition) is 1. The minimum absolute atomic E-state index is 0.0644. The van der Waals surface area contributed by atoms with Gasteiger partial charge in [-0.2, -0.15) is 5.26 Å². The number of aromatic nitrogens is 3.